The van der Waals surface area contributed by atoms with Crippen molar-refractivity contribution in [3.63, 3.8) is 0 Å². The van der Waals surface area contributed by atoms with Crippen molar-refractivity contribution in [2.24, 2.45) is 0 Å². The van der Waals surface area contributed by atoms with Crippen LogP contribution >= 0.6 is 11.6 Å². The van der Waals surface area contributed by atoms with Gasteiger partial charge in [-0.25, -0.2) is 4.98 Å². The molecule has 1 aliphatic carbocycles. The second kappa shape index (κ2) is 4.75. The second-order valence-electron chi connectivity index (χ2n) is 4.98. The SMILES string of the molecule is Clc1nc(N2CCOCC2)c2oc3c(c2n1)CCC=C3. The summed E-state index contributed by atoms with van der Waals surface area (Å²) in [5.74, 6) is 1.67. The Kier molecular flexibility index (Phi) is 2.89. The van der Waals surface area contributed by atoms with Crippen LogP contribution in [0.1, 0.15) is 17.7 Å². The minimum atomic E-state index is 0.275. The lowest BCUT2D eigenvalue weighted by Gasteiger charge is -2.27. The summed E-state index contributed by atoms with van der Waals surface area (Å²) in [5.41, 5.74) is 2.74. The molecule has 3 heterocycles. The van der Waals surface area contributed by atoms with Crippen molar-refractivity contribution in [2.45, 2.75) is 12.8 Å². The second-order valence-corrected chi connectivity index (χ2v) is 5.32. The molecule has 0 amide bonds. The Morgan fingerprint density at radius 2 is 2.05 bits per heavy atom. The van der Waals surface area contributed by atoms with Crippen LogP contribution in [-0.4, -0.2) is 36.3 Å². The van der Waals surface area contributed by atoms with E-state index in [9.17, 15) is 0 Å². The average molecular weight is 292 g/mol. The molecular weight excluding hydrogens is 278 g/mol. The van der Waals surface area contributed by atoms with Crippen LogP contribution in [0, 0.1) is 0 Å². The van der Waals surface area contributed by atoms with Gasteiger partial charge >= 0.3 is 0 Å². The fourth-order valence-corrected chi connectivity index (χ4v) is 2.95. The van der Waals surface area contributed by atoms with E-state index in [4.69, 9.17) is 20.8 Å². The number of hydrogen-bond acceptors (Lipinski definition) is 5. The Morgan fingerprint density at radius 1 is 1.20 bits per heavy atom. The zero-order valence-corrected chi connectivity index (χ0v) is 11.7. The van der Waals surface area contributed by atoms with Gasteiger partial charge in [0.2, 0.25) is 5.28 Å². The topological polar surface area (TPSA) is 51.4 Å². The lowest BCUT2D eigenvalue weighted by atomic mass is 10.0. The van der Waals surface area contributed by atoms with E-state index in [-0.39, 0.29) is 5.28 Å². The minimum absolute atomic E-state index is 0.275. The lowest BCUT2D eigenvalue weighted by Crippen LogP contribution is -2.36. The van der Waals surface area contributed by atoms with E-state index in [2.05, 4.69) is 20.9 Å². The monoisotopic (exact) mass is 291 g/mol. The number of nitrogens with zero attached hydrogens (tertiary/aromatic N) is 3. The number of hydrogen-bond donors (Lipinski definition) is 0. The van der Waals surface area contributed by atoms with Crippen LogP contribution in [0.4, 0.5) is 5.82 Å². The van der Waals surface area contributed by atoms with Gasteiger partial charge in [0.25, 0.3) is 0 Å². The van der Waals surface area contributed by atoms with Crippen LogP contribution in [0.2, 0.25) is 5.28 Å². The van der Waals surface area contributed by atoms with Crippen LogP contribution in [0.3, 0.4) is 0 Å². The van der Waals surface area contributed by atoms with Crippen molar-refractivity contribution < 1.29 is 9.15 Å². The molecule has 2 aromatic heterocycles. The summed E-state index contributed by atoms with van der Waals surface area (Å²) >= 11 is 6.10. The van der Waals surface area contributed by atoms with Gasteiger partial charge in [-0.15, -0.1) is 0 Å². The predicted octanol–water partition coefficient (Wildman–Crippen LogP) is 2.67. The highest BCUT2D eigenvalue weighted by Crippen LogP contribution is 2.35. The summed E-state index contributed by atoms with van der Waals surface area (Å²) in [6.45, 7) is 2.99. The van der Waals surface area contributed by atoms with Crippen LogP contribution in [0.15, 0.2) is 10.5 Å². The van der Waals surface area contributed by atoms with E-state index in [1.165, 1.54) is 0 Å². The van der Waals surface area contributed by atoms with Crippen molar-refractivity contribution in [1.29, 1.82) is 0 Å². The summed E-state index contributed by atoms with van der Waals surface area (Å²) in [4.78, 5) is 10.9. The first-order chi connectivity index (χ1) is 9.83. The minimum Gasteiger partial charge on any atom is -0.451 e. The van der Waals surface area contributed by atoms with Gasteiger partial charge in [-0.1, -0.05) is 6.08 Å². The number of rotatable bonds is 1. The van der Waals surface area contributed by atoms with Gasteiger partial charge in [-0.05, 0) is 30.5 Å². The van der Waals surface area contributed by atoms with Crippen molar-refractivity contribution in [2.75, 3.05) is 31.2 Å². The number of aromatic nitrogens is 2. The largest absolute Gasteiger partial charge is 0.451 e. The van der Waals surface area contributed by atoms with Crippen molar-refractivity contribution in [1.82, 2.24) is 9.97 Å². The van der Waals surface area contributed by atoms with Crippen molar-refractivity contribution >= 4 is 34.6 Å². The van der Waals surface area contributed by atoms with Crippen molar-refractivity contribution in [3.05, 3.63) is 22.7 Å². The Labute approximate surface area is 121 Å². The van der Waals surface area contributed by atoms with Gasteiger partial charge in [0.05, 0.1) is 13.2 Å². The number of ether oxygens (including phenoxy) is 1. The van der Waals surface area contributed by atoms with E-state index in [1.807, 2.05) is 6.08 Å². The zero-order chi connectivity index (χ0) is 13.5. The quantitative estimate of drug-likeness (QED) is 0.756. The highest BCUT2D eigenvalue weighted by atomic mass is 35.5. The van der Waals surface area contributed by atoms with Crippen LogP contribution in [0.5, 0.6) is 0 Å². The number of morpholine rings is 1. The van der Waals surface area contributed by atoms with Gasteiger partial charge in [-0.3, -0.25) is 0 Å². The number of furan rings is 1. The number of allylic oxidation sites excluding steroid dienone is 1. The maximum absolute atomic E-state index is 6.10. The van der Waals surface area contributed by atoms with Gasteiger partial charge in [-0.2, -0.15) is 4.98 Å². The molecule has 20 heavy (non-hydrogen) atoms. The normalized spacial score (nSPS) is 18.6. The van der Waals surface area contributed by atoms with E-state index >= 15 is 0 Å². The van der Waals surface area contributed by atoms with Crippen LogP contribution in [0.25, 0.3) is 17.2 Å². The van der Waals surface area contributed by atoms with E-state index in [1.54, 1.807) is 0 Å². The summed E-state index contributed by atoms with van der Waals surface area (Å²) < 4.78 is 11.4. The smallest absolute Gasteiger partial charge is 0.225 e. The van der Waals surface area contributed by atoms with E-state index in [0.29, 0.717) is 13.2 Å². The van der Waals surface area contributed by atoms with Gasteiger partial charge in [0.1, 0.15) is 11.3 Å². The van der Waals surface area contributed by atoms with E-state index < -0.39 is 0 Å². The molecule has 1 aliphatic heterocycles. The molecule has 104 valence electrons. The number of aryl methyl sites for hydroxylation is 1. The number of halogens is 1. The number of anilines is 1. The third kappa shape index (κ3) is 1.89. The first-order valence-corrected chi connectivity index (χ1v) is 7.19. The Bertz CT molecular complexity index is 689. The highest BCUT2D eigenvalue weighted by molar-refractivity contribution is 6.28. The first-order valence-electron chi connectivity index (χ1n) is 6.81. The molecule has 0 N–H and O–H groups in total. The average Bonchev–Trinajstić information content (AvgIpc) is 2.86. The molecule has 0 aromatic carbocycles. The molecule has 0 unspecified atom stereocenters. The third-order valence-corrected chi connectivity index (χ3v) is 3.93. The fraction of sp³-hybridized carbons (Fsp3) is 0.429. The molecule has 1 fully saturated rings. The summed E-state index contributed by atoms with van der Waals surface area (Å²) in [7, 11) is 0. The zero-order valence-electron chi connectivity index (χ0n) is 10.9. The maximum atomic E-state index is 6.10. The summed E-state index contributed by atoms with van der Waals surface area (Å²) in [5, 5.41) is 0.275. The molecule has 0 saturated carbocycles. The lowest BCUT2D eigenvalue weighted by molar-refractivity contribution is 0.122. The standard InChI is InChI=1S/C14H14ClN3O2/c15-14-16-11-9-3-1-2-4-10(9)20-12(11)13(17-14)18-5-7-19-8-6-18/h2,4H,1,3,5-8H2. The van der Waals surface area contributed by atoms with E-state index in [0.717, 1.165) is 54.2 Å². The fourth-order valence-electron chi connectivity index (χ4n) is 2.78. The van der Waals surface area contributed by atoms with Gasteiger partial charge in [0, 0.05) is 18.7 Å². The molecule has 0 atom stereocenters. The molecule has 2 aromatic rings. The van der Waals surface area contributed by atoms with Gasteiger partial charge < -0.3 is 14.1 Å². The first kappa shape index (κ1) is 12.2. The highest BCUT2D eigenvalue weighted by Gasteiger charge is 2.24. The van der Waals surface area contributed by atoms with Crippen molar-refractivity contribution in [3.8, 4) is 0 Å². The van der Waals surface area contributed by atoms with Gasteiger partial charge in [0.15, 0.2) is 11.4 Å². The molecule has 4 rings (SSSR count). The molecule has 0 spiro atoms. The summed E-state index contributed by atoms with van der Waals surface area (Å²) in [6, 6.07) is 0. The summed E-state index contributed by atoms with van der Waals surface area (Å²) in [6.07, 6.45) is 6.08. The van der Waals surface area contributed by atoms with Crippen LogP contribution < -0.4 is 4.90 Å². The Hall–Kier alpha value is -1.59. The molecular formula is C14H14ClN3O2. The predicted molar refractivity (Wildman–Crippen MR) is 77.2 cm³/mol. The van der Waals surface area contributed by atoms with Crippen LogP contribution in [-0.2, 0) is 11.2 Å². The maximum Gasteiger partial charge on any atom is 0.225 e. The molecule has 5 nitrogen and oxygen atoms in total. The Balaban J connectivity index is 1.91. The Morgan fingerprint density at radius 3 is 2.90 bits per heavy atom. The molecule has 0 radical (unpaired) electrons. The third-order valence-electron chi connectivity index (χ3n) is 3.76. The number of fused-ring (bicyclic) bond motifs is 3. The molecule has 0 bridgehead atoms. The molecule has 2 aliphatic rings. The molecule has 1 saturated heterocycles. The molecule has 6 heteroatoms.